The molecule has 1 unspecified atom stereocenters. The van der Waals surface area contributed by atoms with Crippen molar-refractivity contribution in [1.82, 2.24) is 5.32 Å². The van der Waals surface area contributed by atoms with Crippen LogP contribution >= 0.6 is 0 Å². The van der Waals surface area contributed by atoms with Crippen LogP contribution in [0.3, 0.4) is 0 Å². The van der Waals surface area contributed by atoms with Gasteiger partial charge in [0.2, 0.25) is 0 Å². The molecule has 1 amide bonds. The average molecular weight is 281 g/mol. The van der Waals surface area contributed by atoms with Crippen molar-refractivity contribution in [3.8, 4) is 0 Å². The zero-order chi connectivity index (χ0) is 15.2. The van der Waals surface area contributed by atoms with Gasteiger partial charge in [-0.1, -0.05) is 30.3 Å². The third-order valence-electron chi connectivity index (χ3n) is 3.25. The maximum Gasteiger partial charge on any atom is 0.407 e. The highest BCUT2D eigenvalue weighted by Crippen LogP contribution is 2.17. The zero-order valence-electron chi connectivity index (χ0n) is 11.5. The topological polar surface area (TPSA) is 95.9 Å². The van der Waals surface area contributed by atoms with Gasteiger partial charge in [0.1, 0.15) is 6.61 Å². The van der Waals surface area contributed by atoms with Gasteiger partial charge in [0, 0.05) is 0 Å². The van der Waals surface area contributed by atoms with Crippen molar-refractivity contribution in [1.29, 1.82) is 0 Å². The Morgan fingerprint density at radius 2 is 1.95 bits per heavy atom. The predicted octanol–water partition coefficient (Wildman–Crippen LogP) is 1.38. The SMILES string of the molecule is CC(C(=O)O)[C@](C)(CO)NC(=O)OCc1ccccc1. The average Bonchev–Trinajstić information content (AvgIpc) is 2.45. The number of carbonyl (C=O) groups excluding carboxylic acids is 1. The van der Waals surface area contributed by atoms with Crippen LogP contribution in [0.1, 0.15) is 19.4 Å². The number of aliphatic hydroxyl groups is 1. The maximum absolute atomic E-state index is 11.7. The minimum atomic E-state index is -1.28. The number of aliphatic hydroxyl groups excluding tert-OH is 1. The van der Waals surface area contributed by atoms with E-state index in [0.29, 0.717) is 0 Å². The quantitative estimate of drug-likeness (QED) is 0.732. The molecular formula is C14H19NO5. The summed E-state index contributed by atoms with van der Waals surface area (Å²) in [5.74, 6) is -2.05. The largest absolute Gasteiger partial charge is 0.481 e. The standard InChI is InChI=1S/C14H19NO5/c1-10(12(17)18)14(2,9-16)15-13(19)20-8-11-6-4-3-5-7-11/h3-7,10,16H,8-9H2,1-2H3,(H,15,19)(H,17,18)/t10?,14-/m0/s1. The van der Waals surface area contributed by atoms with Crippen LogP contribution in [-0.2, 0) is 16.1 Å². The van der Waals surface area contributed by atoms with E-state index in [-0.39, 0.29) is 6.61 Å². The lowest BCUT2D eigenvalue weighted by Gasteiger charge is -2.31. The van der Waals surface area contributed by atoms with Gasteiger partial charge in [-0.15, -0.1) is 0 Å². The summed E-state index contributed by atoms with van der Waals surface area (Å²) in [5, 5.41) is 20.7. The number of alkyl carbamates (subject to hydrolysis) is 1. The van der Waals surface area contributed by atoms with Gasteiger partial charge in [-0.3, -0.25) is 4.79 Å². The molecule has 3 N–H and O–H groups in total. The molecule has 0 aliphatic rings. The number of hydrogen-bond donors (Lipinski definition) is 3. The zero-order valence-corrected chi connectivity index (χ0v) is 11.5. The number of carbonyl (C=O) groups is 2. The predicted molar refractivity (Wildman–Crippen MR) is 72.1 cm³/mol. The first-order valence-corrected chi connectivity index (χ1v) is 6.21. The van der Waals surface area contributed by atoms with Crippen molar-refractivity contribution in [2.75, 3.05) is 6.61 Å². The number of hydrogen-bond acceptors (Lipinski definition) is 4. The monoisotopic (exact) mass is 281 g/mol. The van der Waals surface area contributed by atoms with Crippen LogP contribution in [0, 0.1) is 5.92 Å². The van der Waals surface area contributed by atoms with Crippen LogP contribution in [0.15, 0.2) is 30.3 Å². The van der Waals surface area contributed by atoms with Crippen LogP contribution in [0.5, 0.6) is 0 Å². The summed E-state index contributed by atoms with van der Waals surface area (Å²) in [5.41, 5.74) is -0.459. The minimum Gasteiger partial charge on any atom is -0.481 e. The number of aliphatic carboxylic acids is 1. The van der Waals surface area contributed by atoms with E-state index in [2.05, 4.69) is 5.32 Å². The summed E-state index contributed by atoms with van der Waals surface area (Å²) in [6, 6.07) is 9.10. The third-order valence-corrected chi connectivity index (χ3v) is 3.25. The molecule has 20 heavy (non-hydrogen) atoms. The number of carboxylic acid groups (broad SMARTS) is 1. The van der Waals surface area contributed by atoms with Crippen LogP contribution in [0.25, 0.3) is 0 Å². The Bertz CT molecular complexity index is 462. The van der Waals surface area contributed by atoms with Gasteiger partial charge in [-0.25, -0.2) is 4.79 Å². The lowest BCUT2D eigenvalue weighted by Crippen LogP contribution is -2.55. The molecule has 0 radical (unpaired) electrons. The Hall–Kier alpha value is -2.08. The highest BCUT2D eigenvalue weighted by molar-refractivity contribution is 5.74. The van der Waals surface area contributed by atoms with Crippen LogP contribution in [-0.4, -0.2) is 34.4 Å². The van der Waals surface area contributed by atoms with Crippen LogP contribution < -0.4 is 5.32 Å². The molecule has 0 saturated heterocycles. The summed E-state index contributed by atoms with van der Waals surface area (Å²) in [6.07, 6.45) is -0.765. The molecule has 2 atom stereocenters. The highest BCUT2D eigenvalue weighted by atomic mass is 16.5. The van der Waals surface area contributed by atoms with E-state index in [9.17, 15) is 14.7 Å². The van der Waals surface area contributed by atoms with Crippen molar-refractivity contribution in [2.24, 2.45) is 5.92 Å². The van der Waals surface area contributed by atoms with Crippen molar-refractivity contribution in [2.45, 2.75) is 26.0 Å². The molecule has 6 heteroatoms. The fourth-order valence-electron chi connectivity index (χ4n) is 1.55. The Kier molecular flexibility index (Phi) is 5.52. The van der Waals surface area contributed by atoms with E-state index in [1.54, 1.807) is 12.1 Å². The fourth-order valence-corrected chi connectivity index (χ4v) is 1.55. The van der Waals surface area contributed by atoms with Gasteiger partial charge in [-0.2, -0.15) is 0 Å². The van der Waals surface area contributed by atoms with Gasteiger partial charge in [0.05, 0.1) is 18.1 Å². The molecule has 0 aromatic heterocycles. The summed E-state index contributed by atoms with van der Waals surface area (Å²) >= 11 is 0. The lowest BCUT2D eigenvalue weighted by molar-refractivity contribution is -0.144. The Morgan fingerprint density at radius 3 is 2.45 bits per heavy atom. The molecule has 1 aromatic carbocycles. The molecule has 0 saturated carbocycles. The fraction of sp³-hybridized carbons (Fsp3) is 0.429. The molecule has 0 aliphatic carbocycles. The maximum atomic E-state index is 11.7. The molecule has 0 aliphatic heterocycles. The second-order valence-corrected chi connectivity index (χ2v) is 4.82. The van der Waals surface area contributed by atoms with Gasteiger partial charge in [0.15, 0.2) is 0 Å². The van der Waals surface area contributed by atoms with Crippen molar-refractivity contribution in [3.63, 3.8) is 0 Å². The normalized spacial score (nSPS) is 14.9. The first-order chi connectivity index (χ1) is 9.39. The highest BCUT2D eigenvalue weighted by Gasteiger charge is 2.37. The number of amides is 1. The molecule has 1 rings (SSSR count). The van der Waals surface area contributed by atoms with E-state index in [4.69, 9.17) is 9.84 Å². The van der Waals surface area contributed by atoms with Gasteiger partial charge in [-0.05, 0) is 19.4 Å². The number of nitrogens with one attached hydrogen (secondary N) is 1. The number of benzene rings is 1. The molecule has 110 valence electrons. The Labute approximate surface area is 117 Å². The molecule has 6 nitrogen and oxygen atoms in total. The van der Waals surface area contributed by atoms with Crippen molar-refractivity contribution in [3.05, 3.63) is 35.9 Å². The number of carboxylic acids is 1. The number of ether oxygens (including phenoxy) is 1. The molecule has 0 bridgehead atoms. The van der Waals surface area contributed by atoms with Crippen LogP contribution in [0.4, 0.5) is 4.79 Å². The summed E-state index contributed by atoms with van der Waals surface area (Å²) in [6.45, 7) is 2.45. The van der Waals surface area contributed by atoms with Gasteiger partial charge in [0.25, 0.3) is 0 Å². The van der Waals surface area contributed by atoms with E-state index < -0.39 is 30.1 Å². The second-order valence-electron chi connectivity index (χ2n) is 4.82. The summed E-state index contributed by atoms with van der Waals surface area (Å²) in [7, 11) is 0. The van der Waals surface area contributed by atoms with E-state index in [1.807, 2.05) is 18.2 Å². The molecular weight excluding hydrogens is 262 g/mol. The summed E-state index contributed by atoms with van der Waals surface area (Å²) in [4.78, 5) is 22.6. The first kappa shape index (κ1) is 16.0. The van der Waals surface area contributed by atoms with Crippen molar-refractivity contribution >= 4 is 12.1 Å². The first-order valence-electron chi connectivity index (χ1n) is 6.21. The molecule has 0 fully saturated rings. The van der Waals surface area contributed by atoms with Gasteiger partial charge >= 0.3 is 12.1 Å². The van der Waals surface area contributed by atoms with Gasteiger partial charge < -0.3 is 20.3 Å². The Balaban J connectivity index is 2.57. The van der Waals surface area contributed by atoms with Crippen molar-refractivity contribution < 1.29 is 24.5 Å². The lowest BCUT2D eigenvalue weighted by atomic mass is 9.88. The number of rotatable bonds is 6. The Morgan fingerprint density at radius 1 is 1.35 bits per heavy atom. The smallest absolute Gasteiger partial charge is 0.407 e. The third kappa shape index (κ3) is 4.24. The van der Waals surface area contributed by atoms with E-state index in [0.717, 1.165) is 5.56 Å². The molecule has 0 heterocycles. The molecule has 1 aromatic rings. The molecule has 0 spiro atoms. The van der Waals surface area contributed by atoms with Crippen LogP contribution in [0.2, 0.25) is 0 Å². The van der Waals surface area contributed by atoms with E-state index >= 15 is 0 Å². The minimum absolute atomic E-state index is 0.0790. The van der Waals surface area contributed by atoms with E-state index in [1.165, 1.54) is 13.8 Å². The second kappa shape index (κ2) is 6.91. The summed E-state index contributed by atoms with van der Waals surface area (Å²) < 4.78 is 5.00.